The van der Waals surface area contributed by atoms with Crippen LogP contribution in [0, 0.1) is 0 Å². The molecule has 29 heteroatoms. The van der Waals surface area contributed by atoms with E-state index in [0.717, 1.165) is 36.0 Å². The molecule has 0 radical (unpaired) electrons. The number of allylic oxidation sites excluding steroid dienone is 2. The van der Waals surface area contributed by atoms with Gasteiger partial charge in [0.05, 0.1) is 11.4 Å². The van der Waals surface area contributed by atoms with E-state index in [1.807, 2.05) is 0 Å². The number of benzene rings is 4. The fourth-order valence-corrected chi connectivity index (χ4v) is 5.30. The second kappa shape index (κ2) is 17.7. The average Bonchev–Trinajstić information content (AvgIpc) is 3.19. The van der Waals surface area contributed by atoms with Gasteiger partial charge in [-0.1, -0.05) is 11.8 Å². The highest BCUT2D eigenvalue weighted by Crippen LogP contribution is 2.57. The molecule has 0 heterocycles. The van der Waals surface area contributed by atoms with Crippen molar-refractivity contribution in [2.24, 2.45) is 0 Å². The van der Waals surface area contributed by atoms with Crippen molar-refractivity contribution in [3.05, 3.63) is 109 Å². The summed E-state index contributed by atoms with van der Waals surface area (Å²) in [5.74, 6) is -54.9. The number of alkyl halides is 18. The zero-order valence-electron chi connectivity index (χ0n) is 30.6. The number of anilines is 2. The lowest BCUT2D eigenvalue weighted by atomic mass is 10.0. The van der Waals surface area contributed by atoms with Crippen LogP contribution >= 0.6 is 11.8 Å². The Bertz CT molecular complexity index is 2250. The van der Waals surface area contributed by atoms with Crippen molar-refractivity contribution in [1.29, 1.82) is 0 Å². The van der Waals surface area contributed by atoms with Gasteiger partial charge < -0.3 is 30.4 Å². The van der Waals surface area contributed by atoms with Crippen molar-refractivity contribution in [3.8, 4) is 34.5 Å². The van der Waals surface area contributed by atoms with Crippen LogP contribution in [0.3, 0.4) is 0 Å². The molecule has 0 saturated carbocycles. The van der Waals surface area contributed by atoms with Gasteiger partial charge in [0.2, 0.25) is 11.7 Å². The molecule has 65 heavy (non-hydrogen) atoms. The quantitative estimate of drug-likeness (QED) is 0.0657. The first-order valence-electron chi connectivity index (χ1n) is 16.4. The third-order valence-electron chi connectivity index (χ3n) is 7.90. The molecule has 0 saturated heterocycles. The van der Waals surface area contributed by atoms with E-state index in [9.17, 15) is 96.6 Å². The molecule has 356 valence electrons. The molecule has 0 bridgehead atoms. The van der Waals surface area contributed by atoms with Crippen LogP contribution in [-0.2, 0) is 0 Å². The van der Waals surface area contributed by atoms with Crippen molar-refractivity contribution in [1.82, 2.24) is 0 Å². The molecule has 0 unspecified atom stereocenters. The van der Waals surface area contributed by atoms with Crippen molar-refractivity contribution in [3.63, 3.8) is 0 Å². The number of hydrogen-bond donors (Lipinski definition) is 2. The van der Waals surface area contributed by atoms with Crippen molar-refractivity contribution in [2.75, 3.05) is 11.5 Å². The zero-order valence-corrected chi connectivity index (χ0v) is 31.4. The van der Waals surface area contributed by atoms with Gasteiger partial charge in [0.15, 0.2) is 11.5 Å². The number of hydrogen-bond acceptors (Lipinski definition) is 7. The Kier molecular flexibility index (Phi) is 14.1. The van der Waals surface area contributed by atoms with Gasteiger partial charge in [-0.15, -0.1) is 0 Å². The zero-order chi connectivity index (χ0) is 49.5. The minimum Gasteiger partial charge on any atom is -0.457 e. The first-order chi connectivity index (χ1) is 29.5. The summed E-state index contributed by atoms with van der Waals surface area (Å²) in [4.78, 5) is 1.09. The molecule has 0 aliphatic rings. The number of nitrogen functional groups attached to an aromatic ring is 2. The summed E-state index contributed by atoms with van der Waals surface area (Å²) in [7, 11) is 0. The summed E-state index contributed by atoms with van der Waals surface area (Å²) in [5, 5.41) is 0. The van der Waals surface area contributed by atoms with Gasteiger partial charge in [-0.3, -0.25) is 0 Å². The number of nitrogens with two attached hydrogens (primary N) is 2. The summed E-state index contributed by atoms with van der Waals surface area (Å²) < 4.78 is 310. The maximum Gasteiger partial charge on any atom is 0.460 e. The van der Waals surface area contributed by atoms with E-state index < -0.39 is 94.4 Å². The molecule has 4 aromatic rings. The van der Waals surface area contributed by atoms with E-state index in [2.05, 4.69) is 9.47 Å². The van der Waals surface area contributed by atoms with Gasteiger partial charge in [0, 0.05) is 21.9 Å². The third-order valence-corrected chi connectivity index (χ3v) is 8.92. The first-order valence-corrected chi connectivity index (χ1v) is 17.2. The summed E-state index contributed by atoms with van der Waals surface area (Å²) in [5.41, 5.74) is 9.54. The highest BCUT2D eigenvalue weighted by molar-refractivity contribution is 7.99. The Morgan fingerprint density at radius 3 is 0.923 bits per heavy atom. The van der Waals surface area contributed by atoms with Crippen LogP contribution in [0.4, 0.5) is 108 Å². The van der Waals surface area contributed by atoms with Crippen LogP contribution in [0.5, 0.6) is 34.5 Å². The molecule has 0 amide bonds. The fraction of sp³-hybridized carbons (Fsp3) is 0.222. The Morgan fingerprint density at radius 2 is 0.662 bits per heavy atom. The number of rotatable bonds is 16. The first kappa shape index (κ1) is 51.6. The molecule has 0 fully saturated rings. The lowest BCUT2D eigenvalue weighted by molar-refractivity contribution is -0.392. The minimum atomic E-state index is -7.52. The topological polar surface area (TPSA) is 89.0 Å². The highest BCUT2D eigenvalue weighted by atomic mass is 32.2. The van der Waals surface area contributed by atoms with Crippen molar-refractivity contribution >= 4 is 23.1 Å². The summed E-state index contributed by atoms with van der Waals surface area (Å²) in [6, 6.07) is 9.35. The van der Waals surface area contributed by atoms with Crippen LogP contribution < -0.4 is 30.4 Å². The SMILES string of the molecule is Nc1cc(Oc2ccc(Sc3ccc(Oc4ccc(OC(F)=C(F)C(F)(F)C(F)(F)C(F)(F)C(F)(F)F)c(N)c4)cc3)cc2)ccc1OC(F)=C(F)C(F)(F)C(F)(F)C(F)(F)C(F)(F)F. The van der Waals surface area contributed by atoms with Gasteiger partial charge in [-0.05, 0) is 72.8 Å². The molecule has 0 aromatic heterocycles. The van der Waals surface area contributed by atoms with Gasteiger partial charge in [0.1, 0.15) is 23.0 Å². The second-order valence-corrected chi connectivity index (χ2v) is 13.6. The highest BCUT2D eigenvalue weighted by Gasteiger charge is 2.84. The van der Waals surface area contributed by atoms with E-state index in [4.69, 9.17) is 20.9 Å². The molecule has 4 rings (SSSR count). The lowest BCUT2D eigenvalue weighted by Crippen LogP contribution is -2.61. The van der Waals surface area contributed by atoms with Crippen LogP contribution in [0.15, 0.2) is 118 Å². The Balaban J connectivity index is 1.37. The largest absolute Gasteiger partial charge is 0.460 e. The molecule has 4 N–H and O–H groups in total. The molecule has 6 nitrogen and oxygen atoms in total. The molecule has 0 aliphatic heterocycles. The van der Waals surface area contributed by atoms with Crippen molar-refractivity contribution < 1.29 is 116 Å². The second-order valence-electron chi connectivity index (χ2n) is 12.5. The Hall–Kier alpha value is -6.03. The standard InChI is InChI=1S/C36H18F22N2O4S/c37-25(29(41,42)31(45,46)33(49,50)35(53,54)55)27(39)63-23-11-5-17(13-21(23)59)61-15-1-7-19(8-2-15)65-20-9-3-16(4-10-20)62-18-6-12-24(22(60)14-18)64-28(40)26(38)30(43,44)32(47,48)34(51,52)36(56,57)58/h1-14H,59-60H2. The number of halogens is 22. The van der Waals surface area contributed by atoms with Gasteiger partial charge >= 0.3 is 59.9 Å². The van der Waals surface area contributed by atoms with E-state index >= 15 is 0 Å². The fourth-order valence-electron chi connectivity index (χ4n) is 4.48. The minimum absolute atomic E-state index is 0.0698. The van der Waals surface area contributed by atoms with Gasteiger partial charge in [-0.2, -0.15) is 96.6 Å². The summed E-state index contributed by atoms with van der Waals surface area (Å²) >= 11 is 1.13. The van der Waals surface area contributed by atoms with E-state index in [1.54, 1.807) is 0 Å². The summed E-state index contributed by atoms with van der Waals surface area (Å²) in [6.07, 6.45) is -14.6. The summed E-state index contributed by atoms with van der Waals surface area (Å²) in [6.45, 7) is 0. The van der Waals surface area contributed by atoms with Crippen LogP contribution in [0.1, 0.15) is 0 Å². The molecule has 0 atom stereocenters. The Labute approximate surface area is 351 Å². The third kappa shape index (κ3) is 10.1. The van der Waals surface area contributed by atoms with Crippen LogP contribution in [0.25, 0.3) is 0 Å². The van der Waals surface area contributed by atoms with Crippen LogP contribution in [-0.4, -0.2) is 47.9 Å². The van der Waals surface area contributed by atoms with E-state index in [0.29, 0.717) is 21.9 Å². The molecule has 0 aliphatic carbocycles. The number of ether oxygens (including phenoxy) is 4. The average molecular weight is 993 g/mol. The van der Waals surface area contributed by atoms with Crippen LogP contribution in [0.2, 0.25) is 0 Å². The normalized spacial score (nSPS) is 14.4. The van der Waals surface area contributed by atoms with Gasteiger partial charge in [-0.25, -0.2) is 0 Å². The van der Waals surface area contributed by atoms with E-state index in [-0.39, 0.29) is 23.0 Å². The predicted molar refractivity (Wildman–Crippen MR) is 180 cm³/mol. The molecular weight excluding hydrogens is 974 g/mol. The maximum absolute atomic E-state index is 14.0. The monoisotopic (exact) mass is 992 g/mol. The maximum atomic E-state index is 14.0. The predicted octanol–water partition coefficient (Wildman–Crippen LogP) is 14.5. The lowest BCUT2D eigenvalue weighted by Gasteiger charge is -2.32. The molecular formula is C36H18F22N2O4S. The molecule has 4 aromatic carbocycles. The molecule has 0 spiro atoms. The van der Waals surface area contributed by atoms with Crippen molar-refractivity contribution in [2.45, 2.75) is 57.7 Å². The van der Waals surface area contributed by atoms with E-state index in [1.165, 1.54) is 48.5 Å². The Morgan fingerprint density at radius 1 is 0.385 bits per heavy atom. The smallest absolute Gasteiger partial charge is 0.457 e. The van der Waals surface area contributed by atoms with Gasteiger partial charge in [0.25, 0.3) is 0 Å².